The van der Waals surface area contributed by atoms with E-state index in [2.05, 4.69) is 20.3 Å². The van der Waals surface area contributed by atoms with Gasteiger partial charge in [-0.3, -0.25) is 4.79 Å². The van der Waals surface area contributed by atoms with Crippen LogP contribution in [0.1, 0.15) is 0 Å². The van der Waals surface area contributed by atoms with E-state index >= 15 is 0 Å². The molecule has 0 fully saturated rings. The second-order valence-corrected chi connectivity index (χ2v) is 7.23. The standard InChI is InChI=1S/C21H18F3N3O4S/c1-29-15-7-9-18(30-2)16(11-15)17-8-10-20(27-26-17)32-12-19(28)25-13-3-5-14(6-4-13)31-21(22,23)24/h3-11H,12H2,1-2H3,(H,25,28). The van der Waals surface area contributed by atoms with Crippen molar-refractivity contribution in [2.45, 2.75) is 11.4 Å². The van der Waals surface area contributed by atoms with Crippen LogP contribution in [0.15, 0.2) is 59.6 Å². The number of nitrogens with one attached hydrogen (secondary N) is 1. The number of rotatable bonds is 8. The number of aromatic nitrogens is 2. The van der Waals surface area contributed by atoms with Gasteiger partial charge in [0.15, 0.2) is 0 Å². The normalized spacial score (nSPS) is 11.0. The van der Waals surface area contributed by atoms with E-state index in [1.165, 1.54) is 23.9 Å². The fourth-order valence-electron chi connectivity index (χ4n) is 2.63. The van der Waals surface area contributed by atoms with E-state index < -0.39 is 6.36 Å². The molecule has 32 heavy (non-hydrogen) atoms. The Morgan fingerprint density at radius 3 is 2.28 bits per heavy atom. The molecule has 1 N–H and O–H groups in total. The van der Waals surface area contributed by atoms with Crippen molar-refractivity contribution in [3.63, 3.8) is 0 Å². The number of thioether (sulfide) groups is 1. The first-order valence-corrected chi connectivity index (χ1v) is 10.1. The average molecular weight is 465 g/mol. The first-order chi connectivity index (χ1) is 15.3. The number of carbonyl (C=O) groups excluding carboxylic acids is 1. The van der Waals surface area contributed by atoms with Crippen molar-refractivity contribution in [1.82, 2.24) is 10.2 Å². The lowest BCUT2D eigenvalue weighted by atomic mass is 10.1. The number of amides is 1. The lowest BCUT2D eigenvalue weighted by Crippen LogP contribution is -2.17. The van der Waals surface area contributed by atoms with E-state index in [1.54, 1.807) is 44.6 Å². The summed E-state index contributed by atoms with van der Waals surface area (Å²) in [6.07, 6.45) is -4.77. The number of ether oxygens (including phenoxy) is 3. The van der Waals surface area contributed by atoms with Crippen LogP contribution in [0.4, 0.5) is 18.9 Å². The zero-order valence-electron chi connectivity index (χ0n) is 17.0. The minimum Gasteiger partial charge on any atom is -0.497 e. The summed E-state index contributed by atoms with van der Waals surface area (Å²) in [6.45, 7) is 0. The van der Waals surface area contributed by atoms with Crippen molar-refractivity contribution < 1.29 is 32.2 Å². The summed E-state index contributed by atoms with van der Waals surface area (Å²) >= 11 is 1.17. The van der Waals surface area contributed by atoms with E-state index in [0.717, 1.165) is 12.1 Å². The molecule has 1 aromatic heterocycles. The molecule has 2 aromatic carbocycles. The second kappa shape index (κ2) is 10.2. The third-order valence-electron chi connectivity index (χ3n) is 4.05. The fraction of sp³-hybridized carbons (Fsp3) is 0.190. The Balaban J connectivity index is 1.57. The lowest BCUT2D eigenvalue weighted by Gasteiger charge is -2.10. The molecular weight excluding hydrogens is 447 g/mol. The molecule has 0 aliphatic heterocycles. The number of nitrogens with zero attached hydrogens (tertiary/aromatic N) is 2. The van der Waals surface area contributed by atoms with Crippen LogP contribution in [0.5, 0.6) is 17.2 Å². The number of anilines is 1. The molecule has 11 heteroatoms. The van der Waals surface area contributed by atoms with Crippen molar-refractivity contribution in [1.29, 1.82) is 0 Å². The van der Waals surface area contributed by atoms with Gasteiger partial charge in [-0.15, -0.1) is 23.4 Å². The predicted molar refractivity (Wildman–Crippen MR) is 113 cm³/mol. The van der Waals surface area contributed by atoms with E-state index in [-0.39, 0.29) is 17.4 Å². The van der Waals surface area contributed by atoms with E-state index in [9.17, 15) is 18.0 Å². The molecule has 3 rings (SSSR count). The number of hydrogen-bond acceptors (Lipinski definition) is 7. The minimum absolute atomic E-state index is 0.0390. The van der Waals surface area contributed by atoms with E-state index in [4.69, 9.17) is 9.47 Å². The van der Waals surface area contributed by atoms with Gasteiger partial charge in [0.25, 0.3) is 0 Å². The van der Waals surface area contributed by atoms with E-state index in [1.807, 2.05) is 0 Å². The third-order valence-corrected chi connectivity index (χ3v) is 4.97. The zero-order chi connectivity index (χ0) is 23.1. The Labute approximate surface area is 185 Å². The Kier molecular flexibility index (Phi) is 7.41. The van der Waals surface area contributed by atoms with E-state index in [0.29, 0.717) is 33.5 Å². The molecule has 0 radical (unpaired) electrons. The summed E-state index contributed by atoms with van der Waals surface area (Å²) in [6, 6.07) is 13.7. The second-order valence-electron chi connectivity index (χ2n) is 6.23. The topological polar surface area (TPSA) is 82.6 Å². The molecule has 0 atom stereocenters. The van der Waals surface area contributed by atoms with Gasteiger partial charge in [-0.25, -0.2) is 0 Å². The molecule has 0 spiro atoms. The van der Waals surface area contributed by atoms with Crippen molar-refractivity contribution in [2.75, 3.05) is 25.3 Å². The Bertz CT molecular complexity index is 1060. The molecular formula is C21H18F3N3O4S. The average Bonchev–Trinajstić information content (AvgIpc) is 2.78. The highest BCUT2D eigenvalue weighted by Crippen LogP contribution is 2.32. The molecule has 3 aromatic rings. The Hall–Kier alpha value is -3.47. The molecule has 0 saturated carbocycles. The predicted octanol–water partition coefficient (Wildman–Crippen LogP) is 4.79. The fourth-order valence-corrected chi connectivity index (χ4v) is 3.25. The van der Waals surface area contributed by atoms with Gasteiger partial charge < -0.3 is 19.5 Å². The van der Waals surface area contributed by atoms with Gasteiger partial charge in [-0.1, -0.05) is 11.8 Å². The maximum Gasteiger partial charge on any atom is 0.573 e. The summed E-state index contributed by atoms with van der Waals surface area (Å²) in [5, 5.41) is 11.4. The largest absolute Gasteiger partial charge is 0.573 e. The van der Waals surface area contributed by atoms with Gasteiger partial charge in [0, 0.05) is 11.3 Å². The van der Waals surface area contributed by atoms with Crippen molar-refractivity contribution in [3.05, 3.63) is 54.6 Å². The molecule has 0 bridgehead atoms. The SMILES string of the molecule is COc1ccc(OC)c(-c2ccc(SCC(=O)Nc3ccc(OC(F)(F)F)cc3)nn2)c1. The summed E-state index contributed by atoms with van der Waals surface area (Å²) in [5.41, 5.74) is 1.64. The molecule has 0 unspecified atom stereocenters. The molecule has 1 amide bonds. The van der Waals surface area contributed by atoms with Gasteiger partial charge in [0.1, 0.15) is 22.3 Å². The maximum atomic E-state index is 12.2. The van der Waals surface area contributed by atoms with Crippen LogP contribution in [0, 0.1) is 0 Å². The maximum absolute atomic E-state index is 12.2. The lowest BCUT2D eigenvalue weighted by molar-refractivity contribution is -0.274. The smallest absolute Gasteiger partial charge is 0.497 e. The van der Waals surface area contributed by atoms with Gasteiger partial charge in [-0.05, 0) is 54.6 Å². The Morgan fingerprint density at radius 1 is 0.969 bits per heavy atom. The summed E-state index contributed by atoms with van der Waals surface area (Å²) < 4.78 is 50.9. The number of carbonyl (C=O) groups is 1. The summed E-state index contributed by atoms with van der Waals surface area (Å²) in [7, 11) is 3.12. The first kappa shape index (κ1) is 23.2. The number of methoxy groups -OCH3 is 2. The van der Waals surface area contributed by atoms with Gasteiger partial charge >= 0.3 is 6.36 Å². The highest BCUT2D eigenvalue weighted by molar-refractivity contribution is 7.99. The third kappa shape index (κ3) is 6.51. The van der Waals surface area contributed by atoms with Gasteiger partial charge in [0.05, 0.1) is 25.7 Å². The molecule has 0 saturated heterocycles. The zero-order valence-corrected chi connectivity index (χ0v) is 17.8. The van der Waals surface area contributed by atoms with Crippen LogP contribution < -0.4 is 19.5 Å². The number of alkyl halides is 3. The van der Waals surface area contributed by atoms with Crippen molar-refractivity contribution >= 4 is 23.4 Å². The molecule has 0 aliphatic rings. The van der Waals surface area contributed by atoms with Gasteiger partial charge in [0.2, 0.25) is 5.91 Å². The van der Waals surface area contributed by atoms with Crippen LogP contribution in [-0.4, -0.2) is 42.4 Å². The molecule has 168 valence electrons. The van der Waals surface area contributed by atoms with Crippen LogP contribution >= 0.6 is 11.8 Å². The summed E-state index contributed by atoms with van der Waals surface area (Å²) in [5.74, 6) is 0.590. The van der Waals surface area contributed by atoms with Crippen LogP contribution in [0.2, 0.25) is 0 Å². The minimum atomic E-state index is -4.77. The number of benzene rings is 2. The highest BCUT2D eigenvalue weighted by atomic mass is 32.2. The molecule has 7 nitrogen and oxygen atoms in total. The quantitative estimate of drug-likeness (QED) is 0.479. The molecule has 1 heterocycles. The van der Waals surface area contributed by atoms with Crippen molar-refractivity contribution in [2.24, 2.45) is 0 Å². The van der Waals surface area contributed by atoms with Crippen LogP contribution in [0.25, 0.3) is 11.3 Å². The number of hydrogen-bond donors (Lipinski definition) is 1. The Morgan fingerprint density at radius 2 is 1.69 bits per heavy atom. The molecule has 0 aliphatic carbocycles. The first-order valence-electron chi connectivity index (χ1n) is 9.12. The van der Waals surface area contributed by atoms with Crippen LogP contribution in [0.3, 0.4) is 0 Å². The highest BCUT2D eigenvalue weighted by Gasteiger charge is 2.30. The monoisotopic (exact) mass is 465 g/mol. The van der Waals surface area contributed by atoms with Crippen molar-refractivity contribution in [3.8, 4) is 28.5 Å². The number of halogens is 3. The summed E-state index contributed by atoms with van der Waals surface area (Å²) in [4.78, 5) is 12.1. The van der Waals surface area contributed by atoms with Crippen LogP contribution in [-0.2, 0) is 4.79 Å². The van der Waals surface area contributed by atoms with Gasteiger partial charge in [-0.2, -0.15) is 0 Å².